The van der Waals surface area contributed by atoms with Gasteiger partial charge in [0.05, 0.1) is 92.0 Å². The molecule has 4 aliphatic rings. The van der Waals surface area contributed by atoms with Gasteiger partial charge in [-0.1, -0.05) is 79.2 Å². The van der Waals surface area contributed by atoms with E-state index in [1.807, 2.05) is 94.4 Å². The maximum absolute atomic E-state index is 6.16. The van der Waals surface area contributed by atoms with E-state index in [1.54, 1.807) is 145 Å². The summed E-state index contributed by atoms with van der Waals surface area (Å²) in [5.41, 5.74) is 35.3. The summed E-state index contributed by atoms with van der Waals surface area (Å²) in [7, 11) is 6.69. The van der Waals surface area contributed by atoms with Gasteiger partial charge in [-0.2, -0.15) is 0 Å². The summed E-state index contributed by atoms with van der Waals surface area (Å²) in [5.74, 6) is 8.75. The Balaban J connectivity index is 0.000000151. The molecule has 1 aliphatic carbocycles. The highest BCUT2D eigenvalue weighted by molar-refractivity contribution is 8.00. The fourth-order valence-electron chi connectivity index (χ4n) is 15.8. The predicted molar refractivity (Wildman–Crippen MR) is 544 cm³/mol. The number of thiazole rings is 4. The number of hydrogen-bond donors (Lipinski definition) is 4. The van der Waals surface area contributed by atoms with E-state index >= 15 is 0 Å². The molecule has 4 fully saturated rings. The van der Waals surface area contributed by atoms with Crippen LogP contribution in [0.1, 0.15) is 172 Å². The Bertz CT molecular complexity index is 5550. The van der Waals surface area contributed by atoms with Gasteiger partial charge in [-0.15, -0.1) is 45.3 Å². The van der Waals surface area contributed by atoms with Crippen LogP contribution in [0.2, 0.25) is 0 Å². The first-order chi connectivity index (χ1) is 64.2. The van der Waals surface area contributed by atoms with E-state index in [1.165, 1.54) is 70.9 Å². The highest BCUT2D eigenvalue weighted by Gasteiger charge is 2.27. The number of thioether (sulfide) groups is 4. The third kappa shape index (κ3) is 29.1. The Morgan fingerprint density at radius 3 is 0.865 bits per heavy atom. The number of ether oxygens (including phenoxy) is 9. The second kappa shape index (κ2) is 49.4. The smallest absolute Gasteiger partial charge is 0.190 e. The van der Waals surface area contributed by atoms with E-state index in [2.05, 4.69) is 116 Å². The monoisotopic (exact) mass is 1960 g/mol. The average molecular weight is 1960 g/mol. The molecule has 710 valence electrons. The average Bonchev–Trinajstić information content (AvgIpc) is 1.69. The second-order valence-corrected chi connectivity index (χ2v) is 43.1. The van der Waals surface area contributed by atoms with Crippen molar-refractivity contribution in [3.63, 3.8) is 0 Å². The number of aryl methyl sites for hydroxylation is 8. The van der Waals surface area contributed by atoms with Crippen LogP contribution in [0.25, 0.3) is 42.3 Å². The normalized spacial score (nSPS) is 15.1. The first kappa shape index (κ1) is 101. The van der Waals surface area contributed by atoms with Gasteiger partial charge in [0.25, 0.3) is 0 Å². The number of likely N-dealkylation sites (tertiary alicyclic amines) is 2. The molecule has 36 heteroatoms. The Morgan fingerprint density at radius 2 is 0.602 bits per heavy atom. The summed E-state index contributed by atoms with van der Waals surface area (Å²) in [4.78, 5) is 67.2. The zero-order chi connectivity index (χ0) is 94.2. The minimum atomic E-state index is 0.0914. The molecule has 28 nitrogen and oxygen atoms in total. The maximum atomic E-state index is 6.16. The highest BCUT2D eigenvalue weighted by atomic mass is 32.2. The summed E-state index contributed by atoms with van der Waals surface area (Å²) in [5, 5.41) is 6.95. The molecule has 8 N–H and O–H groups in total. The number of hydrogen-bond acceptors (Lipinski definition) is 36. The SMILES string of the molecule is COc1ccc(-c2nc(C(C)Sc3nc(C)cc(N)n3)c(C)s2)cc1OCCC1CCCC1.COc1ccc(-c2nc(C(C)Sc3nc(C)cc(N)n3)c(C)s2)cc1OCCN1CCC1.COc1ccc(-c2nc(C(C)Sc3nc(C)cc(N)n3)c(C)s2)cc1OCCN1CCCCC1.COc1ccc(-c2nc(C(C)Sc3nc(C)cc(N)n3)c(C)s2)cc1OCCN1CCOCC1. The number of anilines is 4. The summed E-state index contributed by atoms with van der Waals surface area (Å²) in [6.45, 7) is 38.1. The standard InChI is InChI=1S/C25H33N5O2S2.C25H32N4O2S2.C24H31N5O3S2.C23H29N5O2S2/c1-16-14-22(26)28-25(27-16)34-18(3)23-17(2)33-24(29-23)19-8-9-20(31-4)21(15-19)32-13-12-30-10-6-5-7-11-30;1-15-13-22(26)28-25(27-15)33-17(3)23-16(2)32-24(29-23)19-9-10-20(30-4)21(14-19)31-12-11-18-7-5-6-8-18;1-15-13-21(25)27-24(26-15)34-17(3)22-16(2)33-23(28-22)18-5-6-19(30-4)20(14-18)32-12-9-29-7-10-31-11-8-29;1-14-12-20(24)26-23(25-14)32-16(3)21-15(2)31-22(27-21)17-6-7-18(29-4)19(13-17)30-11-10-28-8-5-9-28/h8-9,14-15,18H,5-7,10-13H2,1-4H3,(H2,26,27,28);9-10,13-14,17-18H,5-8,11-12H2,1-4H3,(H2,26,27,28);5-6,13-14,17H,7-12H2,1-4H3,(H2,25,26,27);6-7,12-13,16H,5,8-11H2,1-4H3,(H2,24,25,26). The maximum Gasteiger partial charge on any atom is 0.190 e. The minimum Gasteiger partial charge on any atom is -0.493 e. The van der Waals surface area contributed by atoms with Crippen LogP contribution < -0.4 is 60.8 Å². The van der Waals surface area contributed by atoms with Crippen LogP contribution in [0.15, 0.2) is 118 Å². The van der Waals surface area contributed by atoms with Crippen molar-refractivity contribution < 1.29 is 42.6 Å². The molecule has 0 radical (unpaired) electrons. The zero-order valence-electron chi connectivity index (χ0n) is 79.1. The summed E-state index contributed by atoms with van der Waals surface area (Å²) in [6, 6.07) is 31.2. The number of nitrogens with two attached hydrogens (primary N) is 4. The Hall–Kier alpha value is -9.44. The van der Waals surface area contributed by atoms with Crippen LogP contribution in [0.4, 0.5) is 23.3 Å². The molecule has 0 spiro atoms. The van der Waals surface area contributed by atoms with E-state index in [9.17, 15) is 0 Å². The fourth-order valence-corrected chi connectivity index (χ4v) is 24.1. The molecule has 4 atom stereocenters. The number of nitrogens with zero attached hydrogens (tertiary/aromatic N) is 15. The summed E-state index contributed by atoms with van der Waals surface area (Å²) in [6.07, 6.45) is 11.7. The lowest BCUT2D eigenvalue weighted by Gasteiger charge is -2.30. The largest absolute Gasteiger partial charge is 0.493 e. The molecule has 133 heavy (non-hydrogen) atoms. The minimum absolute atomic E-state index is 0.0914. The molecule has 4 aromatic carbocycles. The number of piperidine rings is 1. The van der Waals surface area contributed by atoms with Gasteiger partial charge >= 0.3 is 0 Å². The second-order valence-electron chi connectivity index (χ2n) is 33.1. The lowest BCUT2D eigenvalue weighted by molar-refractivity contribution is 0.0321. The number of benzene rings is 4. The van der Waals surface area contributed by atoms with Crippen molar-refractivity contribution in [2.24, 2.45) is 5.92 Å². The molecule has 16 rings (SSSR count). The van der Waals surface area contributed by atoms with Crippen LogP contribution >= 0.6 is 92.4 Å². The fraction of sp³-hybridized carbons (Fsp3) is 0.464. The topological polar surface area (TPSA) is 352 Å². The van der Waals surface area contributed by atoms with Crippen molar-refractivity contribution in [2.75, 3.05) is 150 Å². The Morgan fingerprint density at radius 1 is 0.331 bits per heavy atom. The number of methoxy groups -OCH3 is 4. The lowest BCUT2D eigenvalue weighted by Crippen LogP contribution is -2.39. The van der Waals surface area contributed by atoms with E-state index in [0.717, 1.165) is 225 Å². The van der Waals surface area contributed by atoms with Crippen molar-refractivity contribution >= 4 is 116 Å². The molecule has 8 aromatic heterocycles. The van der Waals surface area contributed by atoms with Crippen LogP contribution in [0.3, 0.4) is 0 Å². The Labute approximate surface area is 815 Å². The predicted octanol–water partition coefficient (Wildman–Crippen LogP) is 21.3. The first-order valence-corrected chi connectivity index (χ1v) is 52.0. The first-order valence-electron chi connectivity index (χ1n) is 45.2. The number of morpholine rings is 1. The van der Waals surface area contributed by atoms with Crippen molar-refractivity contribution in [2.45, 2.75) is 182 Å². The van der Waals surface area contributed by atoms with Crippen molar-refractivity contribution in [3.8, 4) is 88.3 Å². The zero-order valence-corrected chi connectivity index (χ0v) is 85.6. The third-order valence-electron chi connectivity index (χ3n) is 22.8. The van der Waals surface area contributed by atoms with Gasteiger partial charge < -0.3 is 65.6 Å². The van der Waals surface area contributed by atoms with Gasteiger partial charge in [0, 0.05) is 122 Å². The lowest BCUT2D eigenvalue weighted by atomic mass is 10.1. The van der Waals surface area contributed by atoms with Crippen LogP contribution in [0.5, 0.6) is 46.0 Å². The van der Waals surface area contributed by atoms with E-state index in [4.69, 9.17) is 85.5 Å². The molecule has 3 saturated heterocycles. The quantitative estimate of drug-likeness (QED) is 0.0209. The van der Waals surface area contributed by atoms with E-state index < -0.39 is 0 Å². The van der Waals surface area contributed by atoms with E-state index in [-0.39, 0.29) is 21.0 Å². The molecular weight excluding hydrogens is 1830 g/mol. The van der Waals surface area contributed by atoms with Crippen molar-refractivity contribution in [1.82, 2.24) is 74.5 Å². The van der Waals surface area contributed by atoms with Gasteiger partial charge in [0.1, 0.15) is 63.1 Å². The van der Waals surface area contributed by atoms with Crippen LogP contribution in [-0.4, -0.2) is 201 Å². The van der Waals surface area contributed by atoms with Crippen LogP contribution in [-0.2, 0) is 4.74 Å². The van der Waals surface area contributed by atoms with Gasteiger partial charge in [-0.25, -0.2) is 59.8 Å². The molecule has 11 heterocycles. The molecule has 0 bridgehead atoms. The van der Waals surface area contributed by atoms with Gasteiger partial charge in [0.2, 0.25) is 0 Å². The Kier molecular flexibility index (Phi) is 37.5. The number of nitrogen functional groups attached to an aromatic ring is 4. The molecular formula is C97H125N19O9S8. The number of rotatable bonds is 36. The summed E-state index contributed by atoms with van der Waals surface area (Å²) < 4.78 is 52.0. The third-order valence-corrected chi connectivity index (χ3v) is 30.8. The number of aromatic nitrogens is 12. The van der Waals surface area contributed by atoms with Gasteiger partial charge in [-0.3, -0.25) is 14.7 Å². The van der Waals surface area contributed by atoms with E-state index in [0.29, 0.717) is 63.7 Å². The molecule has 0 amide bonds. The van der Waals surface area contributed by atoms with Crippen LogP contribution in [0, 0.1) is 61.3 Å². The van der Waals surface area contributed by atoms with Gasteiger partial charge in [-0.05, 0) is 214 Å². The summed E-state index contributed by atoms with van der Waals surface area (Å²) >= 11 is 13.0. The molecule has 3 aliphatic heterocycles. The molecule has 4 unspecified atom stereocenters. The van der Waals surface area contributed by atoms with Crippen molar-refractivity contribution in [1.29, 1.82) is 0 Å². The molecule has 1 saturated carbocycles. The van der Waals surface area contributed by atoms with Crippen molar-refractivity contribution in [3.05, 3.63) is 162 Å². The molecule has 12 aromatic rings. The highest BCUT2D eigenvalue weighted by Crippen LogP contribution is 2.47. The van der Waals surface area contributed by atoms with Gasteiger partial charge in [0.15, 0.2) is 66.6 Å².